The Morgan fingerprint density at radius 1 is 1.39 bits per heavy atom. The Balaban J connectivity index is 2.93. The van der Waals surface area contributed by atoms with E-state index in [2.05, 4.69) is 20.7 Å². The lowest BCUT2D eigenvalue weighted by atomic mass is 10.0. The average molecular weight is 325 g/mol. The molecule has 7 heteroatoms. The van der Waals surface area contributed by atoms with E-state index in [0.29, 0.717) is 0 Å². The van der Waals surface area contributed by atoms with E-state index in [1.54, 1.807) is 0 Å². The minimum absolute atomic E-state index is 0.0987. The number of benzene rings is 1. The van der Waals surface area contributed by atoms with Gasteiger partial charge in [0.2, 0.25) is 0 Å². The lowest BCUT2D eigenvalue weighted by Gasteiger charge is -2.18. The number of hydrogen-bond acceptors (Lipinski definition) is 4. The van der Waals surface area contributed by atoms with Gasteiger partial charge in [-0.15, -0.1) is 0 Å². The van der Waals surface area contributed by atoms with Gasteiger partial charge in [0.1, 0.15) is 17.7 Å². The average Bonchev–Trinajstić information content (AvgIpc) is 2.32. The third-order valence-electron chi connectivity index (χ3n) is 2.33. The Kier molecular flexibility index (Phi) is 5.18. The molecule has 0 heterocycles. The zero-order valence-corrected chi connectivity index (χ0v) is 10.9. The molecule has 2 unspecified atom stereocenters. The monoisotopic (exact) mass is 324 g/mol. The van der Waals surface area contributed by atoms with Gasteiger partial charge in [-0.1, -0.05) is 0 Å². The van der Waals surface area contributed by atoms with Crippen molar-refractivity contribution in [1.82, 2.24) is 0 Å². The number of esters is 1. The number of aliphatic hydroxyl groups is 2. The molecular formula is C11H11BrF2O4. The van der Waals surface area contributed by atoms with Crippen LogP contribution < -0.4 is 0 Å². The zero-order valence-electron chi connectivity index (χ0n) is 9.36. The molecule has 18 heavy (non-hydrogen) atoms. The molecule has 100 valence electrons. The Bertz CT molecular complexity index is 453. The smallest absolute Gasteiger partial charge is 0.308 e. The standard InChI is InChI=1S/C11H11BrF2O4/c1-18-10(16)4-9(15)11(17)5-2-8(14)6(12)3-7(5)13/h2-3,9,11,15,17H,4H2,1H3. The van der Waals surface area contributed by atoms with Crippen LogP contribution in [0.4, 0.5) is 8.78 Å². The molecule has 0 aliphatic carbocycles. The van der Waals surface area contributed by atoms with Gasteiger partial charge in [-0.3, -0.25) is 4.79 Å². The van der Waals surface area contributed by atoms with E-state index in [9.17, 15) is 23.8 Å². The number of carbonyl (C=O) groups is 1. The van der Waals surface area contributed by atoms with Crippen LogP contribution >= 0.6 is 15.9 Å². The quantitative estimate of drug-likeness (QED) is 0.653. The van der Waals surface area contributed by atoms with Crippen LogP contribution in [0.3, 0.4) is 0 Å². The van der Waals surface area contributed by atoms with E-state index in [4.69, 9.17) is 0 Å². The van der Waals surface area contributed by atoms with Gasteiger partial charge in [0, 0.05) is 5.56 Å². The number of halogens is 3. The van der Waals surface area contributed by atoms with Crippen molar-refractivity contribution in [3.8, 4) is 0 Å². The summed E-state index contributed by atoms with van der Waals surface area (Å²) < 4.78 is 30.9. The first-order valence-corrected chi connectivity index (χ1v) is 5.73. The van der Waals surface area contributed by atoms with Gasteiger partial charge in [-0.25, -0.2) is 8.78 Å². The normalized spacial score (nSPS) is 14.1. The minimum atomic E-state index is -1.72. The van der Waals surface area contributed by atoms with E-state index in [0.717, 1.165) is 19.2 Å². The van der Waals surface area contributed by atoms with E-state index < -0.39 is 41.8 Å². The largest absolute Gasteiger partial charge is 0.469 e. The molecule has 1 aromatic carbocycles. The van der Waals surface area contributed by atoms with Gasteiger partial charge in [0.15, 0.2) is 0 Å². The maximum Gasteiger partial charge on any atom is 0.308 e. The molecule has 0 fully saturated rings. The molecule has 0 radical (unpaired) electrons. The van der Waals surface area contributed by atoms with Crippen LogP contribution in [0.15, 0.2) is 16.6 Å². The topological polar surface area (TPSA) is 66.8 Å². The van der Waals surface area contributed by atoms with Gasteiger partial charge in [0.25, 0.3) is 0 Å². The van der Waals surface area contributed by atoms with Crippen LogP contribution in [-0.2, 0) is 9.53 Å². The van der Waals surface area contributed by atoms with Gasteiger partial charge in [-0.2, -0.15) is 0 Å². The van der Waals surface area contributed by atoms with Crippen LogP contribution in [-0.4, -0.2) is 29.4 Å². The number of methoxy groups -OCH3 is 1. The third kappa shape index (κ3) is 3.47. The summed E-state index contributed by atoms with van der Waals surface area (Å²) in [6, 6.07) is 1.59. The second kappa shape index (κ2) is 6.21. The van der Waals surface area contributed by atoms with E-state index in [-0.39, 0.29) is 4.47 Å². The maximum atomic E-state index is 13.5. The molecule has 0 saturated carbocycles. The Labute approximate surface area is 110 Å². The van der Waals surface area contributed by atoms with Crippen LogP contribution in [0.1, 0.15) is 18.1 Å². The molecule has 0 aliphatic rings. The summed E-state index contributed by atoms with van der Waals surface area (Å²) in [6.45, 7) is 0. The first-order valence-electron chi connectivity index (χ1n) is 4.94. The predicted octanol–water partition coefficient (Wildman–Crippen LogP) is 1.68. The number of hydrogen-bond donors (Lipinski definition) is 2. The van der Waals surface area contributed by atoms with Crippen molar-refractivity contribution in [1.29, 1.82) is 0 Å². The van der Waals surface area contributed by atoms with Gasteiger partial charge in [0.05, 0.1) is 24.1 Å². The number of ether oxygens (including phenoxy) is 1. The van der Waals surface area contributed by atoms with Crippen molar-refractivity contribution in [2.75, 3.05) is 7.11 Å². The number of carbonyl (C=O) groups excluding carboxylic acids is 1. The first-order chi connectivity index (χ1) is 8.36. The summed E-state index contributed by atoms with van der Waals surface area (Å²) in [6.07, 6.45) is -3.81. The van der Waals surface area contributed by atoms with Crippen molar-refractivity contribution in [2.24, 2.45) is 0 Å². The summed E-state index contributed by atoms with van der Waals surface area (Å²) >= 11 is 2.78. The van der Waals surface area contributed by atoms with Crippen molar-refractivity contribution < 1.29 is 28.5 Å². The molecule has 4 nitrogen and oxygen atoms in total. The Morgan fingerprint density at radius 2 is 2.00 bits per heavy atom. The molecule has 0 amide bonds. The summed E-state index contributed by atoms with van der Waals surface area (Å²) in [5.74, 6) is -2.44. The zero-order chi connectivity index (χ0) is 13.9. The second-order valence-electron chi connectivity index (χ2n) is 3.58. The molecular weight excluding hydrogens is 314 g/mol. The van der Waals surface area contributed by atoms with Gasteiger partial charge in [-0.05, 0) is 28.1 Å². The molecule has 0 bridgehead atoms. The Hall–Kier alpha value is -1.05. The first kappa shape index (κ1) is 15.0. The maximum absolute atomic E-state index is 13.5. The fourth-order valence-corrected chi connectivity index (χ4v) is 1.65. The molecule has 2 N–H and O–H groups in total. The highest BCUT2D eigenvalue weighted by Gasteiger charge is 2.25. The lowest BCUT2D eigenvalue weighted by Crippen LogP contribution is -2.23. The summed E-state index contributed by atoms with van der Waals surface area (Å²) in [7, 11) is 1.11. The third-order valence-corrected chi connectivity index (χ3v) is 2.93. The van der Waals surface area contributed by atoms with E-state index in [1.165, 1.54) is 0 Å². The van der Waals surface area contributed by atoms with Gasteiger partial charge >= 0.3 is 5.97 Å². The molecule has 1 rings (SSSR count). The van der Waals surface area contributed by atoms with Crippen LogP contribution in [0.5, 0.6) is 0 Å². The van der Waals surface area contributed by atoms with Gasteiger partial charge < -0.3 is 14.9 Å². The van der Waals surface area contributed by atoms with Crippen molar-refractivity contribution in [3.63, 3.8) is 0 Å². The predicted molar refractivity (Wildman–Crippen MR) is 61.7 cm³/mol. The number of rotatable bonds is 4. The summed E-state index contributed by atoms with van der Waals surface area (Å²) in [4.78, 5) is 10.9. The van der Waals surface area contributed by atoms with Crippen molar-refractivity contribution in [2.45, 2.75) is 18.6 Å². The highest BCUT2D eigenvalue weighted by molar-refractivity contribution is 9.10. The molecule has 2 atom stereocenters. The Morgan fingerprint density at radius 3 is 2.56 bits per heavy atom. The minimum Gasteiger partial charge on any atom is -0.469 e. The molecule has 0 saturated heterocycles. The summed E-state index contributed by atoms with van der Waals surface area (Å²) in [5.41, 5.74) is -0.424. The van der Waals surface area contributed by atoms with Crippen LogP contribution in [0.2, 0.25) is 0 Å². The molecule has 0 spiro atoms. The molecule has 0 aromatic heterocycles. The second-order valence-corrected chi connectivity index (χ2v) is 4.43. The van der Waals surface area contributed by atoms with Crippen LogP contribution in [0, 0.1) is 11.6 Å². The molecule has 0 aliphatic heterocycles. The fraction of sp³-hybridized carbons (Fsp3) is 0.364. The fourth-order valence-electron chi connectivity index (χ4n) is 1.34. The number of aliphatic hydroxyl groups excluding tert-OH is 2. The van der Waals surface area contributed by atoms with Crippen LogP contribution in [0.25, 0.3) is 0 Å². The summed E-state index contributed by atoms with van der Waals surface area (Å²) in [5, 5.41) is 19.2. The van der Waals surface area contributed by atoms with E-state index in [1.807, 2.05) is 0 Å². The van der Waals surface area contributed by atoms with Crippen molar-refractivity contribution in [3.05, 3.63) is 33.8 Å². The SMILES string of the molecule is COC(=O)CC(O)C(O)c1cc(F)c(Br)cc1F. The van der Waals surface area contributed by atoms with Crippen molar-refractivity contribution >= 4 is 21.9 Å². The highest BCUT2D eigenvalue weighted by atomic mass is 79.9. The molecule has 1 aromatic rings. The van der Waals surface area contributed by atoms with E-state index >= 15 is 0 Å². The highest BCUT2D eigenvalue weighted by Crippen LogP contribution is 2.27. The lowest BCUT2D eigenvalue weighted by molar-refractivity contribution is -0.144.